The van der Waals surface area contributed by atoms with Crippen LogP contribution in [0.15, 0.2) is 215 Å². The maximum Gasteiger partial charge on any atom is 0.227 e. The molecule has 11 aromatic rings. The van der Waals surface area contributed by atoms with Crippen molar-refractivity contribution in [3.63, 3.8) is 0 Å². The molecular weight excluding hydrogens is 697 g/mol. The number of nitrogens with zero attached hydrogens (tertiary/aromatic N) is 2. The van der Waals surface area contributed by atoms with Gasteiger partial charge >= 0.3 is 0 Å². The van der Waals surface area contributed by atoms with Crippen LogP contribution in [0.3, 0.4) is 0 Å². The average molecular weight is 731 g/mol. The quantitative estimate of drug-likeness (QED) is 0.164. The number of fused-ring (bicyclic) bond motifs is 5. The second-order valence-electron chi connectivity index (χ2n) is 14.3. The zero-order chi connectivity index (χ0) is 37.7. The monoisotopic (exact) mass is 730 g/mol. The molecule has 0 saturated heterocycles. The van der Waals surface area contributed by atoms with Crippen molar-refractivity contribution in [3.05, 3.63) is 206 Å². The zero-order valence-electron chi connectivity index (χ0n) is 30.8. The van der Waals surface area contributed by atoms with Gasteiger partial charge in [0.05, 0.1) is 0 Å². The van der Waals surface area contributed by atoms with E-state index in [1.54, 1.807) is 0 Å². The van der Waals surface area contributed by atoms with Gasteiger partial charge in [0.15, 0.2) is 5.58 Å². The van der Waals surface area contributed by atoms with E-state index in [1.165, 1.54) is 22.3 Å². The third-order valence-corrected chi connectivity index (χ3v) is 10.9. The molecule has 9 aromatic carbocycles. The van der Waals surface area contributed by atoms with Crippen LogP contribution in [-0.2, 0) is 0 Å². The first-order valence-corrected chi connectivity index (χ1v) is 19.2. The Bertz CT molecular complexity index is 3120. The lowest BCUT2D eigenvalue weighted by atomic mass is 9.93. The lowest BCUT2D eigenvalue weighted by molar-refractivity contribution is 0.621. The molecule has 0 aliphatic carbocycles. The summed E-state index contributed by atoms with van der Waals surface area (Å²) in [6.07, 6.45) is 0. The van der Waals surface area contributed by atoms with E-state index >= 15 is 0 Å². The van der Waals surface area contributed by atoms with Crippen molar-refractivity contribution in [2.75, 3.05) is 4.90 Å². The highest BCUT2D eigenvalue weighted by molar-refractivity contribution is 6.22. The Morgan fingerprint density at radius 2 is 0.947 bits per heavy atom. The number of rotatable bonds is 7. The Morgan fingerprint density at radius 1 is 0.386 bits per heavy atom. The van der Waals surface area contributed by atoms with Crippen molar-refractivity contribution in [1.29, 1.82) is 0 Å². The van der Waals surface area contributed by atoms with Gasteiger partial charge in [0.1, 0.15) is 16.7 Å². The standard InChI is InChI=1S/C53H34N2O2/c1-4-13-35(14-5-1)37-23-27-41(28-24-37)55(42-29-25-38(26-30-42)36-15-6-2-7-16-36)43-31-32-45-48(34-43)56-49-33-40-19-10-11-20-44(40)50(51(45)49)46-21-12-22-47-52(46)57-53(54-47)39-17-8-3-9-18-39/h1-34H. The molecular formula is C53H34N2O2. The molecule has 0 radical (unpaired) electrons. The molecule has 11 rings (SSSR count). The van der Waals surface area contributed by atoms with Gasteiger partial charge in [-0.15, -0.1) is 0 Å². The van der Waals surface area contributed by atoms with Crippen molar-refractivity contribution >= 4 is 60.9 Å². The number of para-hydroxylation sites is 1. The summed E-state index contributed by atoms with van der Waals surface area (Å²) >= 11 is 0. The fourth-order valence-corrected chi connectivity index (χ4v) is 8.17. The number of benzene rings is 9. The molecule has 0 atom stereocenters. The van der Waals surface area contributed by atoms with Crippen LogP contribution < -0.4 is 4.90 Å². The van der Waals surface area contributed by atoms with Gasteiger partial charge in [-0.05, 0) is 93.7 Å². The predicted molar refractivity (Wildman–Crippen MR) is 235 cm³/mol. The third-order valence-electron chi connectivity index (χ3n) is 10.9. The van der Waals surface area contributed by atoms with Crippen molar-refractivity contribution in [2.24, 2.45) is 0 Å². The van der Waals surface area contributed by atoms with Gasteiger partial charge in [0, 0.05) is 50.6 Å². The van der Waals surface area contributed by atoms with Crippen LogP contribution in [0.4, 0.5) is 17.1 Å². The number of hydrogen-bond donors (Lipinski definition) is 0. The molecule has 0 amide bonds. The molecule has 2 heterocycles. The van der Waals surface area contributed by atoms with Crippen LogP contribution in [0.25, 0.3) is 88.6 Å². The van der Waals surface area contributed by atoms with Gasteiger partial charge in [-0.1, -0.05) is 140 Å². The fourth-order valence-electron chi connectivity index (χ4n) is 8.17. The Balaban J connectivity index is 1.09. The van der Waals surface area contributed by atoms with Crippen LogP contribution in [0.2, 0.25) is 0 Å². The van der Waals surface area contributed by atoms with E-state index in [1.807, 2.05) is 36.4 Å². The SMILES string of the molecule is c1ccc(-c2ccc(N(c3ccc(-c4ccccc4)cc3)c3ccc4c(c3)oc3cc5ccccc5c(-c5cccc6nc(-c7ccccc7)oc56)c34)cc2)cc1. The smallest absolute Gasteiger partial charge is 0.227 e. The van der Waals surface area contributed by atoms with Gasteiger partial charge in [-0.2, -0.15) is 0 Å². The molecule has 0 aliphatic heterocycles. The Kier molecular flexibility index (Phi) is 7.78. The normalized spacial score (nSPS) is 11.5. The summed E-state index contributed by atoms with van der Waals surface area (Å²) in [7, 11) is 0. The van der Waals surface area contributed by atoms with Crippen LogP contribution in [0.1, 0.15) is 0 Å². The fraction of sp³-hybridized carbons (Fsp3) is 0. The lowest BCUT2D eigenvalue weighted by Crippen LogP contribution is -2.09. The minimum atomic E-state index is 0.602. The average Bonchev–Trinajstić information content (AvgIpc) is 3.89. The number of oxazole rings is 1. The number of furan rings is 1. The van der Waals surface area contributed by atoms with Crippen molar-refractivity contribution in [1.82, 2.24) is 4.98 Å². The van der Waals surface area contributed by atoms with E-state index in [9.17, 15) is 0 Å². The van der Waals surface area contributed by atoms with Gasteiger partial charge in [0.2, 0.25) is 5.89 Å². The molecule has 0 unspecified atom stereocenters. The first-order valence-electron chi connectivity index (χ1n) is 19.2. The lowest BCUT2D eigenvalue weighted by Gasteiger charge is -2.26. The summed E-state index contributed by atoms with van der Waals surface area (Å²) in [6.45, 7) is 0. The highest BCUT2D eigenvalue weighted by Crippen LogP contribution is 2.46. The minimum absolute atomic E-state index is 0.602. The molecule has 0 spiro atoms. The largest absolute Gasteiger partial charge is 0.456 e. The summed E-state index contributed by atoms with van der Waals surface area (Å²) in [6, 6.07) is 72.1. The highest BCUT2D eigenvalue weighted by atomic mass is 16.3. The first-order chi connectivity index (χ1) is 28.2. The van der Waals surface area contributed by atoms with Crippen LogP contribution in [-0.4, -0.2) is 4.98 Å². The van der Waals surface area contributed by atoms with E-state index in [0.717, 1.165) is 77.6 Å². The number of aromatic nitrogens is 1. The number of hydrogen-bond acceptors (Lipinski definition) is 4. The number of anilines is 3. The summed E-state index contributed by atoms with van der Waals surface area (Å²) in [5, 5.41) is 4.30. The maximum absolute atomic E-state index is 6.85. The van der Waals surface area contributed by atoms with E-state index in [4.69, 9.17) is 13.8 Å². The van der Waals surface area contributed by atoms with E-state index in [-0.39, 0.29) is 0 Å². The summed E-state index contributed by atoms with van der Waals surface area (Å²) < 4.78 is 13.5. The summed E-state index contributed by atoms with van der Waals surface area (Å²) in [5.74, 6) is 0.602. The molecule has 57 heavy (non-hydrogen) atoms. The maximum atomic E-state index is 6.85. The highest BCUT2D eigenvalue weighted by Gasteiger charge is 2.22. The van der Waals surface area contributed by atoms with E-state index < -0.39 is 0 Å². The van der Waals surface area contributed by atoms with E-state index in [2.05, 4.69) is 175 Å². The second kappa shape index (κ2) is 13.6. The van der Waals surface area contributed by atoms with Crippen molar-refractivity contribution < 1.29 is 8.83 Å². The minimum Gasteiger partial charge on any atom is -0.456 e. The molecule has 4 nitrogen and oxygen atoms in total. The second-order valence-corrected chi connectivity index (χ2v) is 14.3. The van der Waals surface area contributed by atoms with Crippen LogP contribution >= 0.6 is 0 Å². The van der Waals surface area contributed by atoms with Gasteiger partial charge in [-0.25, -0.2) is 4.98 Å². The molecule has 4 heteroatoms. The van der Waals surface area contributed by atoms with Crippen LogP contribution in [0.5, 0.6) is 0 Å². The third kappa shape index (κ3) is 5.74. The molecule has 0 bridgehead atoms. The Labute approximate surface area is 329 Å². The molecule has 2 aromatic heterocycles. The van der Waals surface area contributed by atoms with Crippen LogP contribution in [0, 0.1) is 0 Å². The van der Waals surface area contributed by atoms with Crippen molar-refractivity contribution in [3.8, 4) is 44.8 Å². The topological polar surface area (TPSA) is 42.4 Å². The first kappa shape index (κ1) is 32.7. The van der Waals surface area contributed by atoms with Gasteiger partial charge in [-0.3, -0.25) is 0 Å². The molecule has 0 aliphatic rings. The van der Waals surface area contributed by atoms with E-state index in [0.29, 0.717) is 5.89 Å². The zero-order valence-corrected chi connectivity index (χ0v) is 30.8. The van der Waals surface area contributed by atoms with Gasteiger partial charge in [0.25, 0.3) is 0 Å². The summed E-state index contributed by atoms with van der Waals surface area (Å²) in [5.41, 5.74) is 14.0. The predicted octanol–water partition coefficient (Wildman–Crippen LogP) is 15.0. The molecule has 268 valence electrons. The molecule has 0 fully saturated rings. The van der Waals surface area contributed by atoms with Gasteiger partial charge < -0.3 is 13.7 Å². The Hall–Kier alpha value is -7.69. The Morgan fingerprint density at radius 3 is 1.60 bits per heavy atom. The molecule has 0 N–H and O–H groups in total. The van der Waals surface area contributed by atoms with Crippen molar-refractivity contribution in [2.45, 2.75) is 0 Å². The summed E-state index contributed by atoms with van der Waals surface area (Å²) in [4.78, 5) is 7.22. The molecule has 0 saturated carbocycles.